The van der Waals surface area contributed by atoms with Crippen LogP contribution in [0.5, 0.6) is 0 Å². The van der Waals surface area contributed by atoms with E-state index in [4.69, 9.17) is 14.2 Å². The van der Waals surface area contributed by atoms with Crippen LogP contribution in [0.3, 0.4) is 0 Å². The summed E-state index contributed by atoms with van der Waals surface area (Å²) in [5.41, 5.74) is 0. The summed E-state index contributed by atoms with van der Waals surface area (Å²) >= 11 is 0. The van der Waals surface area contributed by atoms with Gasteiger partial charge in [0.1, 0.15) is 6.10 Å². The first-order chi connectivity index (χ1) is 9.58. The lowest BCUT2D eigenvalue weighted by Crippen LogP contribution is -2.50. The molecule has 0 aromatic rings. The summed E-state index contributed by atoms with van der Waals surface area (Å²) in [5, 5.41) is 9.70. The summed E-state index contributed by atoms with van der Waals surface area (Å²) in [5.74, 6) is -0.390. The molecule has 0 unspecified atom stereocenters. The second-order valence-corrected chi connectivity index (χ2v) is 4.97. The van der Waals surface area contributed by atoms with Gasteiger partial charge in [-0.3, -0.25) is 4.79 Å². The van der Waals surface area contributed by atoms with E-state index in [1.54, 1.807) is 20.5 Å². The third-order valence-corrected chi connectivity index (χ3v) is 3.82. The zero-order valence-corrected chi connectivity index (χ0v) is 12.3. The maximum atomic E-state index is 11.2. The molecule has 20 heavy (non-hydrogen) atoms. The number of aliphatic hydroxyl groups is 1. The lowest BCUT2D eigenvalue weighted by molar-refractivity contribution is -0.167. The zero-order chi connectivity index (χ0) is 15.1. The Balaban J connectivity index is 3.01. The molecule has 0 aromatic heterocycles. The Morgan fingerprint density at radius 1 is 1.45 bits per heavy atom. The second kappa shape index (κ2) is 8.07. The first kappa shape index (κ1) is 16.7. The summed E-state index contributed by atoms with van der Waals surface area (Å²) in [4.78, 5) is 11.2. The van der Waals surface area contributed by atoms with Crippen LogP contribution in [-0.2, 0) is 19.0 Å². The molecule has 1 saturated carbocycles. The van der Waals surface area contributed by atoms with E-state index in [-0.39, 0.29) is 42.5 Å². The van der Waals surface area contributed by atoms with E-state index in [9.17, 15) is 9.90 Å². The minimum absolute atomic E-state index is 0.0363. The molecule has 114 valence electrons. The van der Waals surface area contributed by atoms with Crippen molar-refractivity contribution in [2.45, 2.75) is 25.6 Å². The molecule has 1 N–H and O–H groups in total. The number of carbonyl (C=O) groups excluding carboxylic acids is 1. The number of methoxy groups -OCH3 is 2. The summed E-state index contributed by atoms with van der Waals surface area (Å²) in [7, 11) is 3.14. The molecule has 0 saturated heterocycles. The summed E-state index contributed by atoms with van der Waals surface area (Å²) in [6, 6.07) is 0. The van der Waals surface area contributed by atoms with E-state index in [1.807, 2.05) is 12.2 Å². The van der Waals surface area contributed by atoms with Crippen molar-refractivity contribution in [3.05, 3.63) is 25.0 Å². The summed E-state index contributed by atoms with van der Waals surface area (Å²) in [6.07, 6.45) is 5.25. The van der Waals surface area contributed by atoms with Crippen molar-refractivity contribution in [2.75, 3.05) is 20.8 Å². The van der Waals surface area contributed by atoms with Crippen LogP contribution in [0, 0.1) is 17.8 Å². The van der Waals surface area contributed by atoms with Crippen LogP contribution in [0.4, 0.5) is 0 Å². The minimum atomic E-state index is -0.371. The predicted octanol–water partition coefficient (Wildman–Crippen LogP) is 1.52. The van der Waals surface area contributed by atoms with Gasteiger partial charge in [-0.2, -0.15) is 0 Å². The van der Waals surface area contributed by atoms with Crippen LogP contribution in [0.1, 0.15) is 13.3 Å². The number of rotatable bonds is 6. The molecular weight excluding hydrogens is 260 g/mol. The fourth-order valence-corrected chi connectivity index (χ4v) is 2.96. The van der Waals surface area contributed by atoms with Crippen molar-refractivity contribution in [3.63, 3.8) is 0 Å². The van der Waals surface area contributed by atoms with E-state index < -0.39 is 0 Å². The highest BCUT2D eigenvalue weighted by atomic mass is 16.6. The van der Waals surface area contributed by atoms with E-state index in [0.717, 1.165) is 0 Å². The van der Waals surface area contributed by atoms with E-state index in [0.29, 0.717) is 6.42 Å². The number of carbonyl (C=O) groups is 1. The van der Waals surface area contributed by atoms with Gasteiger partial charge in [0.2, 0.25) is 0 Å². The van der Waals surface area contributed by atoms with Crippen LogP contribution < -0.4 is 0 Å². The smallest absolute Gasteiger partial charge is 0.302 e. The van der Waals surface area contributed by atoms with Gasteiger partial charge in [0.05, 0.1) is 19.5 Å². The van der Waals surface area contributed by atoms with Gasteiger partial charge >= 0.3 is 5.97 Å². The van der Waals surface area contributed by atoms with Crippen LogP contribution in [0.15, 0.2) is 25.0 Å². The number of ether oxygens (including phenoxy) is 3. The molecule has 1 aliphatic rings. The van der Waals surface area contributed by atoms with Crippen molar-refractivity contribution in [1.82, 2.24) is 0 Å². The van der Waals surface area contributed by atoms with Gasteiger partial charge in [-0.1, -0.05) is 6.08 Å². The lowest BCUT2D eigenvalue weighted by Gasteiger charge is -2.43. The molecule has 0 aromatic carbocycles. The molecule has 1 aliphatic carbocycles. The molecule has 5 nitrogen and oxygen atoms in total. The molecule has 5 heteroatoms. The maximum Gasteiger partial charge on any atom is 0.302 e. The molecule has 1 rings (SSSR count). The third-order valence-electron chi connectivity index (χ3n) is 3.82. The van der Waals surface area contributed by atoms with Crippen LogP contribution in [0.25, 0.3) is 0 Å². The molecular formula is C15H24O5. The highest BCUT2D eigenvalue weighted by molar-refractivity contribution is 5.66. The molecule has 1 fully saturated rings. The predicted molar refractivity (Wildman–Crippen MR) is 74.9 cm³/mol. The quantitative estimate of drug-likeness (QED) is 0.455. The molecule has 0 heterocycles. The SMILES string of the molecule is C=C[C@H]1C[C@@H](OC(C)=O)[C@H](OC)[C@@H](CO)[C@H]1/C=C/OC. The summed E-state index contributed by atoms with van der Waals surface area (Å²) < 4.78 is 15.8. The van der Waals surface area contributed by atoms with Crippen LogP contribution >= 0.6 is 0 Å². The maximum absolute atomic E-state index is 11.2. The van der Waals surface area contributed by atoms with Crippen molar-refractivity contribution >= 4 is 5.97 Å². The molecule has 0 spiro atoms. The largest absolute Gasteiger partial charge is 0.505 e. The molecule has 0 aliphatic heterocycles. The van der Waals surface area contributed by atoms with Gasteiger partial charge in [0, 0.05) is 26.6 Å². The summed E-state index contributed by atoms with van der Waals surface area (Å²) in [6.45, 7) is 5.16. The van der Waals surface area contributed by atoms with E-state index >= 15 is 0 Å². The number of esters is 1. The molecule has 0 amide bonds. The van der Waals surface area contributed by atoms with Crippen LogP contribution in [0.2, 0.25) is 0 Å². The normalized spacial score (nSPS) is 33.9. The van der Waals surface area contributed by atoms with E-state index in [1.165, 1.54) is 6.92 Å². The fraction of sp³-hybridized carbons (Fsp3) is 0.667. The molecule has 5 atom stereocenters. The number of hydrogen-bond acceptors (Lipinski definition) is 5. The Morgan fingerprint density at radius 3 is 2.60 bits per heavy atom. The topological polar surface area (TPSA) is 65.0 Å². The van der Waals surface area contributed by atoms with E-state index in [2.05, 4.69) is 6.58 Å². The van der Waals surface area contributed by atoms with Gasteiger partial charge < -0.3 is 19.3 Å². The standard InChI is InChI=1S/C15H24O5/c1-5-11-8-14(20-10(2)17)15(19-4)13(9-16)12(11)6-7-18-3/h5-7,11-16H,1,8-9H2,2-4H3/b7-6+/t11-,12-,13-,14+,15+/m0/s1. The van der Waals surface area contributed by atoms with Gasteiger partial charge in [-0.25, -0.2) is 0 Å². The third kappa shape index (κ3) is 3.84. The first-order valence-electron chi connectivity index (χ1n) is 6.71. The first-order valence-corrected chi connectivity index (χ1v) is 6.71. The highest BCUT2D eigenvalue weighted by Crippen LogP contribution is 2.39. The minimum Gasteiger partial charge on any atom is -0.505 e. The fourth-order valence-electron chi connectivity index (χ4n) is 2.96. The van der Waals surface area contributed by atoms with Crippen molar-refractivity contribution in [3.8, 4) is 0 Å². The second-order valence-electron chi connectivity index (χ2n) is 4.97. The van der Waals surface area contributed by atoms with Crippen LogP contribution in [-0.4, -0.2) is 44.1 Å². The number of hydrogen-bond donors (Lipinski definition) is 1. The van der Waals surface area contributed by atoms with Gasteiger partial charge in [0.15, 0.2) is 0 Å². The number of allylic oxidation sites excluding steroid dienone is 2. The average Bonchev–Trinajstić information content (AvgIpc) is 2.43. The van der Waals surface area contributed by atoms with Crippen molar-refractivity contribution in [1.29, 1.82) is 0 Å². The Kier molecular flexibility index (Phi) is 6.75. The van der Waals surface area contributed by atoms with Crippen molar-refractivity contribution in [2.24, 2.45) is 17.8 Å². The Morgan fingerprint density at radius 2 is 2.15 bits per heavy atom. The highest BCUT2D eigenvalue weighted by Gasteiger charge is 2.44. The van der Waals surface area contributed by atoms with Gasteiger partial charge in [-0.05, 0) is 24.3 Å². The average molecular weight is 284 g/mol. The molecule has 0 bridgehead atoms. The Labute approximate surface area is 120 Å². The van der Waals surface area contributed by atoms with Gasteiger partial charge in [0.25, 0.3) is 0 Å². The van der Waals surface area contributed by atoms with Gasteiger partial charge in [-0.15, -0.1) is 6.58 Å². The lowest BCUT2D eigenvalue weighted by atomic mass is 9.69. The Hall–Kier alpha value is -1.33. The van der Waals surface area contributed by atoms with Crippen molar-refractivity contribution < 1.29 is 24.1 Å². The Bertz CT molecular complexity index is 352. The zero-order valence-electron chi connectivity index (χ0n) is 12.3. The monoisotopic (exact) mass is 284 g/mol. The molecule has 0 radical (unpaired) electrons. The number of aliphatic hydroxyl groups excluding tert-OH is 1.